The number of hydrogen-bond acceptors (Lipinski definition) is 1. The molecule has 0 aromatic heterocycles. The van der Waals surface area contributed by atoms with Crippen molar-refractivity contribution in [3.63, 3.8) is 0 Å². The van der Waals surface area contributed by atoms with E-state index in [0.29, 0.717) is 5.41 Å². The molecule has 1 heteroatoms. The highest BCUT2D eigenvalue weighted by Crippen LogP contribution is 2.37. The lowest BCUT2D eigenvalue weighted by molar-refractivity contribution is 0.117. The fourth-order valence-electron chi connectivity index (χ4n) is 2.91. The standard InChI is InChI=1S/C11H21N.C2H6/c1-11(2)7-9-5-3-4-6-10(9)12-8-11;1-2/h9-10,12H,3-8H2,1-2H3;1-2H3. The molecule has 1 aliphatic heterocycles. The van der Waals surface area contributed by atoms with Crippen LogP contribution in [-0.2, 0) is 0 Å². The summed E-state index contributed by atoms with van der Waals surface area (Å²) in [5.74, 6) is 0.988. The zero-order chi connectivity index (χ0) is 10.6. The van der Waals surface area contributed by atoms with Gasteiger partial charge in [0.25, 0.3) is 0 Å². The third kappa shape index (κ3) is 2.98. The van der Waals surface area contributed by atoms with E-state index in [1.807, 2.05) is 13.8 Å². The molecule has 0 aromatic carbocycles. The summed E-state index contributed by atoms with van der Waals surface area (Å²) in [6.07, 6.45) is 7.28. The van der Waals surface area contributed by atoms with Crippen LogP contribution in [0.5, 0.6) is 0 Å². The Kier molecular flexibility index (Phi) is 4.43. The second-order valence-corrected chi connectivity index (χ2v) is 5.40. The number of rotatable bonds is 0. The molecule has 0 amide bonds. The molecule has 1 heterocycles. The van der Waals surface area contributed by atoms with E-state index < -0.39 is 0 Å². The highest BCUT2D eigenvalue weighted by Gasteiger charge is 2.35. The van der Waals surface area contributed by atoms with Crippen molar-refractivity contribution < 1.29 is 0 Å². The minimum Gasteiger partial charge on any atom is -0.313 e. The molecular formula is C13H27N. The zero-order valence-electron chi connectivity index (χ0n) is 10.4. The average molecular weight is 197 g/mol. The van der Waals surface area contributed by atoms with Crippen molar-refractivity contribution in [3.05, 3.63) is 0 Å². The monoisotopic (exact) mass is 197 g/mol. The summed E-state index contributed by atoms with van der Waals surface area (Å²) in [4.78, 5) is 0. The van der Waals surface area contributed by atoms with Gasteiger partial charge in [-0.05, 0) is 30.6 Å². The Bertz CT molecular complexity index is 163. The predicted molar refractivity (Wildman–Crippen MR) is 63.5 cm³/mol. The number of hydrogen-bond donors (Lipinski definition) is 1. The van der Waals surface area contributed by atoms with Crippen molar-refractivity contribution in [3.8, 4) is 0 Å². The SMILES string of the molecule is CC.CC1(C)CNC2CCCCC2C1. The molecular weight excluding hydrogens is 170 g/mol. The number of nitrogens with one attached hydrogen (secondary N) is 1. The molecule has 2 rings (SSSR count). The lowest BCUT2D eigenvalue weighted by Gasteiger charge is -2.44. The minimum absolute atomic E-state index is 0.554. The smallest absolute Gasteiger partial charge is 0.00957 e. The maximum Gasteiger partial charge on any atom is 0.00957 e. The van der Waals surface area contributed by atoms with Crippen LogP contribution >= 0.6 is 0 Å². The Hall–Kier alpha value is -0.0400. The molecule has 0 spiro atoms. The van der Waals surface area contributed by atoms with Crippen molar-refractivity contribution in [2.24, 2.45) is 11.3 Å². The van der Waals surface area contributed by atoms with E-state index in [0.717, 1.165) is 12.0 Å². The Labute approximate surface area is 89.7 Å². The maximum absolute atomic E-state index is 3.71. The first kappa shape index (κ1) is 12.0. The lowest BCUT2D eigenvalue weighted by atomic mass is 9.71. The van der Waals surface area contributed by atoms with Gasteiger partial charge in [0.05, 0.1) is 0 Å². The van der Waals surface area contributed by atoms with Crippen LogP contribution in [0.25, 0.3) is 0 Å². The lowest BCUT2D eigenvalue weighted by Crippen LogP contribution is -2.50. The minimum atomic E-state index is 0.554. The molecule has 14 heavy (non-hydrogen) atoms. The van der Waals surface area contributed by atoms with Gasteiger partial charge in [0.1, 0.15) is 0 Å². The van der Waals surface area contributed by atoms with Crippen LogP contribution in [0.4, 0.5) is 0 Å². The first-order chi connectivity index (χ1) is 6.67. The zero-order valence-corrected chi connectivity index (χ0v) is 10.4. The van der Waals surface area contributed by atoms with Gasteiger partial charge < -0.3 is 5.32 Å². The predicted octanol–water partition coefficient (Wildman–Crippen LogP) is 3.59. The molecule has 2 aliphatic rings. The van der Waals surface area contributed by atoms with Crippen LogP contribution in [0.15, 0.2) is 0 Å². The summed E-state index contributed by atoms with van der Waals surface area (Å²) in [6.45, 7) is 10.0. The summed E-state index contributed by atoms with van der Waals surface area (Å²) < 4.78 is 0. The van der Waals surface area contributed by atoms with Crippen LogP contribution in [0, 0.1) is 11.3 Å². The van der Waals surface area contributed by atoms with E-state index >= 15 is 0 Å². The Balaban J connectivity index is 0.000000461. The van der Waals surface area contributed by atoms with Gasteiger partial charge >= 0.3 is 0 Å². The van der Waals surface area contributed by atoms with Crippen molar-refractivity contribution in [2.75, 3.05) is 6.54 Å². The molecule has 84 valence electrons. The van der Waals surface area contributed by atoms with Gasteiger partial charge in [-0.3, -0.25) is 0 Å². The van der Waals surface area contributed by atoms with E-state index in [-0.39, 0.29) is 0 Å². The van der Waals surface area contributed by atoms with E-state index in [2.05, 4.69) is 19.2 Å². The van der Waals surface area contributed by atoms with Gasteiger partial charge in [-0.1, -0.05) is 40.5 Å². The molecule has 0 radical (unpaired) electrons. The highest BCUT2D eigenvalue weighted by molar-refractivity contribution is 4.91. The molecule has 0 bridgehead atoms. The first-order valence-electron chi connectivity index (χ1n) is 6.41. The summed E-state index contributed by atoms with van der Waals surface area (Å²) in [7, 11) is 0. The highest BCUT2D eigenvalue weighted by atomic mass is 15.0. The van der Waals surface area contributed by atoms with E-state index in [4.69, 9.17) is 0 Å². The maximum atomic E-state index is 3.71. The first-order valence-corrected chi connectivity index (χ1v) is 6.41. The fourth-order valence-corrected chi connectivity index (χ4v) is 2.91. The van der Waals surface area contributed by atoms with Gasteiger partial charge in [-0.2, -0.15) is 0 Å². The van der Waals surface area contributed by atoms with Gasteiger partial charge in [0.15, 0.2) is 0 Å². The molecule has 1 saturated heterocycles. The largest absolute Gasteiger partial charge is 0.313 e. The van der Waals surface area contributed by atoms with Gasteiger partial charge in [-0.25, -0.2) is 0 Å². The third-order valence-electron chi connectivity index (χ3n) is 3.57. The molecule has 2 atom stereocenters. The summed E-state index contributed by atoms with van der Waals surface area (Å²) >= 11 is 0. The Morgan fingerprint density at radius 3 is 2.43 bits per heavy atom. The second kappa shape index (κ2) is 5.16. The van der Waals surface area contributed by atoms with Crippen LogP contribution in [-0.4, -0.2) is 12.6 Å². The van der Waals surface area contributed by atoms with Crippen LogP contribution < -0.4 is 5.32 Å². The molecule has 1 nitrogen and oxygen atoms in total. The number of piperidine rings is 1. The third-order valence-corrected chi connectivity index (χ3v) is 3.57. The Morgan fingerprint density at radius 1 is 1.07 bits per heavy atom. The van der Waals surface area contributed by atoms with Crippen molar-refractivity contribution in [1.29, 1.82) is 0 Å². The van der Waals surface area contributed by atoms with E-state index in [1.54, 1.807) is 0 Å². The normalized spacial score (nSPS) is 35.1. The van der Waals surface area contributed by atoms with Crippen molar-refractivity contribution >= 4 is 0 Å². The summed E-state index contributed by atoms with van der Waals surface area (Å²) in [5.41, 5.74) is 0.554. The topological polar surface area (TPSA) is 12.0 Å². The van der Waals surface area contributed by atoms with Gasteiger partial charge in [0.2, 0.25) is 0 Å². The van der Waals surface area contributed by atoms with Gasteiger partial charge in [-0.15, -0.1) is 0 Å². The van der Waals surface area contributed by atoms with Gasteiger partial charge in [0, 0.05) is 12.6 Å². The Morgan fingerprint density at radius 2 is 1.71 bits per heavy atom. The van der Waals surface area contributed by atoms with E-state index in [9.17, 15) is 0 Å². The fraction of sp³-hybridized carbons (Fsp3) is 1.00. The van der Waals surface area contributed by atoms with Crippen LogP contribution in [0.2, 0.25) is 0 Å². The second-order valence-electron chi connectivity index (χ2n) is 5.40. The number of fused-ring (bicyclic) bond motifs is 1. The summed E-state index contributed by atoms with van der Waals surface area (Å²) in [6, 6.07) is 0.867. The molecule has 0 aromatic rings. The van der Waals surface area contributed by atoms with Crippen LogP contribution in [0.3, 0.4) is 0 Å². The molecule has 2 fully saturated rings. The molecule has 2 unspecified atom stereocenters. The van der Waals surface area contributed by atoms with E-state index in [1.165, 1.54) is 38.6 Å². The molecule has 1 saturated carbocycles. The quantitative estimate of drug-likeness (QED) is 0.626. The molecule has 1 N–H and O–H groups in total. The average Bonchev–Trinajstić information content (AvgIpc) is 2.19. The van der Waals surface area contributed by atoms with Crippen molar-refractivity contribution in [2.45, 2.75) is 65.8 Å². The molecule has 1 aliphatic carbocycles. The summed E-state index contributed by atoms with van der Waals surface area (Å²) in [5, 5.41) is 3.71. The van der Waals surface area contributed by atoms with Crippen LogP contribution in [0.1, 0.15) is 59.8 Å². The van der Waals surface area contributed by atoms with Crippen molar-refractivity contribution in [1.82, 2.24) is 5.32 Å².